The second-order valence-electron chi connectivity index (χ2n) is 4.14. The number of methoxy groups -OCH3 is 2. The van der Waals surface area contributed by atoms with E-state index >= 15 is 0 Å². The molecule has 0 aliphatic rings. The lowest BCUT2D eigenvalue weighted by atomic mass is 10.2. The number of carbonyl (C=O) groups excluding carboxylic acids is 2. The molecule has 0 saturated heterocycles. The highest BCUT2D eigenvalue weighted by Gasteiger charge is 2.18. The molecule has 114 valence electrons. The Bertz CT molecular complexity index is 626. The standard InChI is InChI=1S/C16H14O4S2/c1-19-13-9-5-3-7-11(13)15(17)21-22-16(18)12-8-4-6-10-14(12)20-2/h3-10H,1-2H3. The number of ether oxygens (including phenoxy) is 2. The molecule has 0 aliphatic heterocycles. The molecule has 4 nitrogen and oxygen atoms in total. The van der Waals surface area contributed by atoms with Crippen molar-refractivity contribution in [3.63, 3.8) is 0 Å². The van der Waals surface area contributed by atoms with Crippen LogP contribution < -0.4 is 9.47 Å². The topological polar surface area (TPSA) is 52.6 Å². The van der Waals surface area contributed by atoms with Crippen LogP contribution in [0.4, 0.5) is 0 Å². The summed E-state index contributed by atoms with van der Waals surface area (Å²) in [5.41, 5.74) is 0.880. The van der Waals surface area contributed by atoms with Gasteiger partial charge in [0.05, 0.1) is 25.3 Å². The number of rotatable bonds is 4. The van der Waals surface area contributed by atoms with Gasteiger partial charge in [-0.25, -0.2) is 0 Å². The molecular weight excluding hydrogens is 320 g/mol. The van der Waals surface area contributed by atoms with E-state index in [1.165, 1.54) is 14.2 Å². The molecule has 2 aromatic rings. The van der Waals surface area contributed by atoms with Gasteiger partial charge in [0.25, 0.3) is 0 Å². The molecule has 0 saturated carbocycles. The molecule has 0 aromatic heterocycles. The maximum Gasteiger partial charge on any atom is 0.234 e. The van der Waals surface area contributed by atoms with Crippen molar-refractivity contribution in [1.29, 1.82) is 0 Å². The normalized spacial score (nSPS) is 10.1. The van der Waals surface area contributed by atoms with Crippen LogP contribution in [-0.4, -0.2) is 24.5 Å². The van der Waals surface area contributed by atoms with E-state index < -0.39 is 0 Å². The first kappa shape index (κ1) is 16.5. The van der Waals surface area contributed by atoms with Crippen molar-refractivity contribution in [2.45, 2.75) is 0 Å². The molecule has 0 bridgehead atoms. The Labute approximate surface area is 136 Å². The molecule has 0 atom stereocenters. The van der Waals surface area contributed by atoms with E-state index in [2.05, 4.69) is 0 Å². The summed E-state index contributed by atoms with van der Waals surface area (Å²) in [7, 11) is 4.76. The number of benzene rings is 2. The fourth-order valence-corrected chi connectivity index (χ4v) is 3.45. The fraction of sp³-hybridized carbons (Fsp3) is 0.125. The smallest absolute Gasteiger partial charge is 0.234 e. The van der Waals surface area contributed by atoms with E-state index in [1.807, 2.05) is 0 Å². The van der Waals surface area contributed by atoms with Crippen molar-refractivity contribution in [1.82, 2.24) is 0 Å². The van der Waals surface area contributed by atoms with E-state index in [1.54, 1.807) is 48.5 Å². The van der Waals surface area contributed by atoms with Gasteiger partial charge in [-0.05, 0) is 45.9 Å². The molecule has 2 rings (SSSR count). The third kappa shape index (κ3) is 3.84. The predicted octanol–water partition coefficient (Wildman–Crippen LogP) is 4.07. The SMILES string of the molecule is COc1ccccc1C(=O)SSC(=O)c1ccccc1OC. The van der Waals surface area contributed by atoms with Gasteiger partial charge in [0, 0.05) is 0 Å². The predicted molar refractivity (Wildman–Crippen MR) is 89.8 cm³/mol. The average Bonchev–Trinajstić information content (AvgIpc) is 2.59. The van der Waals surface area contributed by atoms with Gasteiger partial charge in [0.2, 0.25) is 10.2 Å². The van der Waals surface area contributed by atoms with Gasteiger partial charge in [0.1, 0.15) is 11.5 Å². The summed E-state index contributed by atoms with van der Waals surface area (Å²) in [4.78, 5) is 24.4. The lowest BCUT2D eigenvalue weighted by molar-refractivity contribution is 0.107. The number of hydrogen-bond donors (Lipinski definition) is 0. The zero-order valence-electron chi connectivity index (χ0n) is 12.1. The molecular formula is C16H14O4S2. The minimum absolute atomic E-state index is 0.231. The third-order valence-electron chi connectivity index (χ3n) is 2.85. The Morgan fingerprint density at radius 2 is 1.09 bits per heavy atom. The van der Waals surface area contributed by atoms with Gasteiger partial charge in [0.15, 0.2) is 0 Å². The molecule has 6 heteroatoms. The Kier molecular flexibility index (Phi) is 5.91. The molecule has 0 spiro atoms. The van der Waals surface area contributed by atoms with E-state index in [9.17, 15) is 9.59 Å². The number of para-hydroxylation sites is 2. The quantitative estimate of drug-likeness (QED) is 0.786. The largest absolute Gasteiger partial charge is 0.496 e. The van der Waals surface area contributed by atoms with Crippen LogP contribution >= 0.6 is 21.6 Å². The number of hydrogen-bond acceptors (Lipinski definition) is 6. The summed E-state index contributed by atoms with van der Waals surface area (Å²) in [6, 6.07) is 13.8. The van der Waals surface area contributed by atoms with E-state index in [0.29, 0.717) is 22.6 Å². The maximum absolute atomic E-state index is 12.2. The Morgan fingerprint density at radius 1 is 0.727 bits per heavy atom. The summed E-state index contributed by atoms with van der Waals surface area (Å²) in [5.74, 6) is 0.982. The maximum atomic E-state index is 12.2. The minimum Gasteiger partial charge on any atom is -0.496 e. The van der Waals surface area contributed by atoms with Gasteiger partial charge in [-0.1, -0.05) is 24.3 Å². The van der Waals surface area contributed by atoms with Gasteiger partial charge < -0.3 is 9.47 Å². The monoisotopic (exact) mass is 334 g/mol. The van der Waals surface area contributed by atoms with Crippen LogP contribution in [0.15, 0.2) is 48.5 Å². The second-order valence-corrected chi connectivity index (χ2v) is 6.22. The van der Waals surface area contributed by atoms with Crippen LogP contribution in [0, 0.1) is 0 Å². The lowest BCUT2D eigenvalue weighted by Crippen LogP contribution is -1.99. The molecule has 0 N–H and O–H groups in total. The highest BCUT2D eigenvalue weighted by atomic mass is 33.1. The highest BCUT2D eigenvalue weighted by Crippen LogP contribution is 2.34. The summed E-state index contributed by atoms with van der Waals surface area (Å²) in [5, 5.41) is -0.462. The molecule has 0 radical (unpaired) electrons. The van der Waals surface area contributed by atoms with Crippen molar-refractivity contribution in [2.75, 3.05) is 14.2 Å². The highest BCUT2D eigenvalue weighted by molar-refractivity contribution is 8.87. The van der Waals surface area contributed by atoms with Crippen LogP contribution in [0.2, 0.25) is 0 Å². The van der Waals surface area contributed by atoms with Crippen molar-refractivity contribution < 1.29 is 19.1 Å². The second kappa shape index (κ2) is 7.91. The van der Waals surface area contributed by atoms with Crippen molar-refractivity contribution in [2.24, 2.45) is 0 Å². The van der Waals surface area contributed by atoms with Crippen molar-refractivity contribution >= 4 is 31.8 Å². The van der Waals surface area contributed by atoms with Gasteiger partial charge in [-0.15, -0.1) is 0 Å². The minimum atomic E-state index is -0.231. The van der Waals surface area contributed by atoms with E-state index in [0.717, 1.165) is 21.6 Å². The molecule has 0 heterocycles. The van der Waals surface area contributed by atoms with Crippen LogP contribution in [0.5, 0.6) is 11.5 Å². The van der Waals surface area contributed by atoms with Crippen LogP contribution in [-0.2, 0) is 0 Å². The van der Waals surface area contributed by atoms with Gasteiger partial charge >= 0.3 is 0 Å². The van der Waals surface area contributed by atoms with Crippen LogP contribution in [0.3, 0.4) is 0 Å². The first-order valence-corrected chi connectivity index (χ1v) is 8.51. The lowest BCUT2D eigenvalue weighted by Gasteiger charge is -2.07. The Morgan fingerprint density at radius 3 is 1.45 bits per heavy atom. The van der Waals surface area contributed by atoms with E-state index in [4.69, 9.17) is 9.47 Å². The first-order chi connectivity index (χ1) is 10.7. The Balaban J connectivity index is 2.06. The van der Waals surface area contributed by atoms with Crippen LogP contribution in [0.25, 0.3) is 0 Å². The van der Waals surface area contributed by atoms with Crippen molar-refractivity contribution in [3.05, 3.63) is 59.7 Å². The Hall–Kier alpha value is -1.92. The van der Waals surface area contributed by atoms with Gasteiger partial charge in [-0.3, -0.25) is 9.59 Å². The van der Waals surface area contributed by atoms with Crippen LogP contribution in [0.1, 0.15) is 20.7 Å². The molecule has 0 aliphatic carbocycles. The molecule has 22 heavy (non-hydrogen) atoms. The van der Waals surface area contributed by atoms with Gasteiger partial charge in [-0.2, -0.15) is 0 Å². The number of carbonyl (C=O) groups is 2. The fourth-order valence-electron chi connectivity index (χ4n) is 1.79. The molecule has 2 aromatic carbocycles. The zero-order valence-corrected chi connectivity index (χ0v) is 13.7. The first-order valence-electron chi connectivity index (χ1n) is 6.36. The molecule has 0 unspecified atom stereocenters. The molecule has 0 fully saturated rings. The summed E-state index contributed by atoms with van der Waals surface area (Å²) < 4.78 is 10.3. The molecule has 0 amide bonds. The summed E-state index contributed by atoms with van der Waals surface area (Å²) in [6.45, 7) is 0. The van der Waals surface area contributed by atoms with Crippen molar-refractivity contribution in [3.8, 4) is 11.5 Å². The summed E-state index contributed by atoms with van der Waals surface area (Å²) >= 11 is 0. The zero-order chi connectivity index (χ0) is 15.9. The average molecular weight is 334 g/mol. The van der Waals surface area contributed by atoms with E-state index in [-0.39, 0.29) is 10.2 Å². The third-order valence-corrected chi connectivity index (χ3v) is 4.83. The summed E-state index contributed by atoms with van der Waals surface area (Å²) in [6.07, 6.45) is 0.